The Balaban J connectivity index is 2.16. The number of benzene rings is 2. The van der Waals surface area contributed by atoms with Crippen molar-refractivity contribution in [1.82, 2.24) is 0 Å². The van der Waals surface area contributed by atoms with E-state index in [9.17, 15) is 13.2 Å². The van der Waals surface area contributed by atoms with Crippen LogP contribution in [0, 0.1) is 0 Å². The number of ether oxygens (including phenoxy) is 3. The van der Waals surface area contributed by atoms with Gasteiger partial charge in [-0.2, -0.15) is 0 Å². The highest BCUT2D eigenvalue weighted by Crippen LogP contribution is 2.34. The molecule has 0 fully saturated rings. The molecule has 3 N–H and O–H groups in total. The number of nitrogens with one attached hydrogen (secondary N) is 1. The topological polar surface area (TPSA) is 78.1 Å². The summed E-state index contributed by atoms with van der Waals surface area (Å²) in [6.07, 6.45) is -4.81. The van der Waals surface area contributed by atoms with E-state index in [1.54, 1.807) is 18.2 Å². The lowest BCUT2D eigenvalue weighted by atomic mass is 10.2. The largest absolute Gasteiger partial charge is 0.573 e. The summed E-state index contributed by atoms with van der Waals surface area (Å²) < 4.78 is 52.5. The van der Waals surface area contributed by atoms with Gasteiger partial charge in [-0.05, 0) is 29.8 Å². The van der Waals surface area contributed by atoms with E-state index < -0.39 is 12.1 Å². The Hall–Kier alpha value is -2.62. The number of anilines is 1. The average molecular weight is 448 g/mol. The SMILES string of the molecule is COc1cc(Br)c(CN=C(N)Nc2ccccc2OC(F)(F)F)cc1OC. The molecule has 0 unspecified atom stereocenters. The molecule has 0 saturated carbocycles. The number of halogens is 4. The summed E-state index contributed by atoms with van der Waals surface area (Å²) in [5.41, 5.74) is 6.59. The second-order valence-electron chi connectivity index (χ2n) is 5.17. The summed E-state index contributed by atoms with van der Waals surface area (Å²) >= 11 is 3.40. The fourth-order valence-corrected chi connectivity index (χ4v) is 2.60. The molecular formula is C17H17BrF3N3O3. The molecule has 146 valence electrons. The van der Waals surface area contributed by atoms with Crippen LogP contribution in [0.4, 0.5) is 18.9 Å². The lowest BCUT2D eigenvalue weighted by Crippen LogP contribution is -2.24. The third kappa shape index (κ3) is 5.95. The minimum Gasteiger partial charge on any atom is -0.493 e. The van der Waals surface area contributed by atoms with Gasteiger partial charge in [0.05, 0.1) is 26.5 Å². The molecule has 10 heteroatoms. The van der Waals surface area contributed by atoms with Gasteiger partial charge in [0.15, 0.2) is 23.2 Å². The molecule has 0 aromatic heterocycles. The van der Waals surface area contributed by atoms with Crippen LogP contribution in [0.1, 0.15) is 5.56 Å². The summed E-state index contributed by atoms with van der Waals surface area (Å²) in [5, 5.41) is 2.61. The highest BCUT2D eigenvalue weighted by molar-refractivity contribution is 9.10. The molecule has 2 rings (SSSR count). The minimum absolute atomic E-state index is 0.0439. The molecule has 0 heterocycles. The molecule has 27 heavy (non-hydrogen) atoms. The van der Waals surface area contributed by atoms with Crippen molar-refractivity contribution in [2.45, 2.75) is 12.9 Å². The lowest BCUT2D eigenvalue weighted by molar-refractivity contribution is -0.274. The summed E-state index contributed by atoms with van der Waals surface area (Å²) in [6, 6.07) is 8.98. The van der Waals surface area contributed by atoms with Gasteiger partial charge in [0.1, 0.15) is 0 Å². The first-order chi connectivity index (χ1) is 12.7. The maximum absolute atomic E-state index is 12.5. The predicted molar refractivity (Wildman–Crippen MR) is 99.3 cm³/mol. The zero-order valence-corrected chi connectivity index (χ0v) is 16.0. The van der Waals surface area contributed by atoms with Crippen LogP contribution >= 0.6 is 15.9 Å². The quantitative estimate of drug-likeness (QED) is 0.510. The Labute approximate surface area is 162 Å². The molecular weight excluding hydrogens is 431 g/mol. The number of para-hydroxylation sites is 2. The first-order valence-electron chi connectivity index (χ1n) is 7.55. The first kappa shape index (κ1) is 20.7. The van der Waals surface area contributed by atoms with Gasteiger partial charge in [0.25, 0.3) is 0 Å². The smallest absolute Gasteiger partial charge is 0.493 e. The van der Waals surface area contributed by atoms with Crippen LogP contribution in [0.3, 0.4) is 0 Å². The summed E-state index contributed by atoms with van der Waals surface area (Å²) in [4.78, 5) is 4.14. The molecule has 0 bridgehead atoms. The average Bonchev–Trinajstić information content (AvgIpc) is 2.60. The van der Waals surface area contributed by atoms with Crippen molar-refractivity contribution in [3.8, 4) is 17.2 Å². The Morgan fingerprint density at radius 3 is 2.37 bits per heavy atom. The van der Waals surface area contributed by atoms with Crippen LogP contribution in [0.25, 0.3) is 0 Å². The molecule has 0 spiro atoms. The van der Waals surface area contributed by atoms with Gasteiger partial charge in [-0.15, -0.1) is 13.2 Å². The summed E-state index contributed by atoms with van der Waals surface area (Å²) in [5.74, 6) is 0.577. The van der Waals surface area contributed by atoms with E-state index in [0.29, 0.717) is 11.5 Å². The molecule has 0 saturated heterocycles. The van der Waals surface area contributed by atoms with Crippen molar-refractivity contribution >= 4 is 27.6 Å². The van der Waals surface area contributed by atoms with E-state index in [1.807, 2.05) is 0 Å². The van der Waals surface area contributed by atoms with Gasteiger partial charge in [-0.1, -0.05) is 28.1 Å². The first-order valence-corrected chi connectivity index (χ1v) is 8.35. The Kier molecular flexibility index (Phi) is 6.78. The monoisotopic (exact) mass is 447 g/mol. The van der Waals surface area contributed by atoms with Crippen LogP contribution in [-0.4, -0.2) is 26.5 Å². The van der Waals surface area contributed by atoms with Crippen molar-refractivity contribution in [1.29, 1.82) is 0 Å². The number of nitrogens with two attached hydrogens (primary N) is 1. The van der Waals surface area contributed by atoms with Gasteiger partial charge < -0.3 is 25.3 Å². The zero-order chi connectivity index (χ0) is 20.0. The second kappa shape index (κ2) is 8.85. The molecule has 0 aliphatic carbocycles. The van der Waals surface area contributed by atoms with E-state index in [1.165, 1.54) is 32.4 Å². The fourth-order valence-electron chi connectivity index (χ4n) is 2.15. The third-order valence-corrected chi connectivity index (χ3v) is 4.09. The number of hydrogen-bond donors (Lipinski definition) is 2. The molecule has 2 aromatic carbocycles. The lowest BCUT2D eigenvalue weighted by Gasteiger charge is -2.14. The van der Waals surface area contributed by atoms with Gasteiger partial charge in [-0.25, -0.2) is 4.99 Å². The fraction of sp³-hybridized carbons (Fsp3) is 0.235. The normalized spacial score (nSPS) is 11.9. The van der Waals surface area contributed by atoms with E-state index in [0.717, 1.165) is 10.0 Å². The second-order valence-corrected chi connectivity index (χ2v) is 6.02. The maximum atomic E-state index is 12.5. The van der Waals surface area contributed by atoms with Crippen molar-refractivity contribution in [2.24, 2.45) is 10.7 Å². The van der Waals surface area contributed by atoms with E-state index >= 15 is 0 Å². The van der Waals surface area contributed by atoms with Crippen LogP contribution < -0.4 is 25.3 Å². The number of nitrogens with zero attached hydrogens (tertiary/aromatic N) is 1. The predicted octanol–water partition coefficient (Wildman–Crippen LogP) is 4.29. The van der Waals surface area contributed by atoms with Crippen molar-refractivity contribution in [3.05, 3.63) is 46.4 Å². The minimum atomic E-state index is -4.81. The number of alkyl halides is 3. The van der Waals surface area contributed by atoms with Crippen LogP contribution in [0.5, 0.6) is 17.2 Å². The van der Waals surface area contributed by atoms with Crippen molar-refractivity contribution < 1.29 is 27.4 Å². The van der Waals surface area contributed by atoms with Crippen molar-refractivity contribution in [2.75, 3.05) is 19.5 Å². The number of guanidine groups is 1. The highest BCUT2D eigenvalue weighted by Gasteiger charge is 2.32. The third-order valence-electron chi connectivity index (χ3n) is 3.35. The van der Waals surface area contributed by atoms with Crippen LogP contribution in [0.15, 0.2) is 45.9 Å². The number of aliphatic imine (C=N–C) groups is 1. The number of methoxy groups -OCH3 is 2. The summed E-state index contributed by atoms with van der Waals surface area (Å²) in [6.45, 7) is 0.155. The zero-order valence-electron chi connectivity index (χ0n) is 14.4. The Bertz CT molecular complexity index is 829. The molecule has 0 amide bonds. The van der Waals surface area contributed by atoms with Crippen LogP contribution in [0.2, 0.25) is 0 Å². The molecule has 0 atom stereocenters. The molecule has 0 aliphatic rings. The van der Waals surface area contributed by atoms with E-state index in [4.69, 9.17) is 15.2 Å². The molecule has 0 radical (unpaired) electrons. The van der Waals surface area contributed by atoms with Gasteiger partial charge in [-0.3, -0.25) is 0 Å². The van der Waals surface area contributed by atoms with Crippen molar-refractivity contribution in [3.63, 3.8) is 0 Å². The Morgan fingerprint density at radius 2 is 1.74 bits per heavy atom. The van der Waals surface area contributed by atoms with E-state index in [-0.39, 0.29) is 18.2 Å². The van der Waals surface area contributed by atoms with Gasteiger partial charge in [0, 0.05) is 4.47 Å². The molecule has 6 nitrogen and oxygen atoms in total. The highest BCUT2D eigenvalue weighted by atomic mass is 79.9. The standard InChI is InChI=1S/C17H17BrF3N3O3/c1-25-14-7-10(11(18)8-15(14)26-2)9-23-16(22)24-12-5-3-4-6-13(12)27-17(19,20)21/h3-8H,9H2,1-2H3,(H3,22,23,24). The molecule has 2 aromatic rings. The number of hydrogen-bond acceptors (Lipinski definition) is 4. The van der Waals surface area contributed by atoms with Gasteiger partial charge >= 0.3 is 6.36 Å². The molecule has 0 aliphatic heterocycles. The number of rotatable bonds is 6. The van der Waals surface area contributed by atoms with Gasteiger partial charge in [0.2, 0.25) is 0 Å². The van der Waals surface area contributed by atoms with Crippen LogP contribution in [-0.2, 0) is 6.54 Å². The Morgan fingerprint density at radius 1 is 1.11 bits per heavy atom. The summed E-state index contributed by atoms with van der Waals surface area (Å²) in [7, 11) is 3.02. The maximum Gasteiger partial charge on any atom is 0.573 e. The van der Waals surface area contributed by atoms with E-state index in [2.05, 4.69) is 31.0 Å².